The van der Waals surface area contributed by atoms with Crippen molar-refractivity contribution in [1.29, 1.82) is 0 Å². The van der Waals surface area contributed by atoms with Crippen molar-refractivity contribution in [3.63, 3.8) is 0 Å². The number of halogens is 2. The van der Waals surface area contributed by atoms with Crippen LogP contribution in [0.1, 0.15) is 23.3 Å². The molecule has 3 rings (SSSR count). The van der Waals surface area contributed by atoms with Crippen LogP contribution in [0.5, 0.6) is 5.75 Å². The van der Waals surface area contributed by atoms with Gasteiger partial charge in [0.2, 0.25) is 5.91 Å². The highest BCUT2D eigenvalue weighted by Crippen LogP contribution is 2.17. The van der Waals surface area contributed by atoms with E-state index in [1.807, 2.05) is 11.4 Å². The summed E-state index contributed by atoms with van der Waals surface area (Å²) in [4.78, 5) is 15.8. The highest BCUT2D eigenvalue weighted by Gasteiger charge is 2.21. The number of thiophene rings is 1. The van der Waals surface area contributed by atoms with Crippen molar-refractivity contribution >= 4 is 17.2 Å². The summed E-state index contributed by atoms with van der Waals surface area (Å²) in [5, 5.41) is 4.98. The molecular weight excluding hydrogens is 398 g/mol. The first-order valence-electron chi connectivity index (χ1n) is 9.75. The summed E-state index contributed by atoms with van der Waals surface area (Å²) in [5.74, 6) is 0.100. The summed E-state index contributed by atoms with van der Waals surface area (Å²) in [7, 11) is 0. The number of nitrogens with one attached hydrogen (secondary N) is 1. The average Bonchev–Trinajstić information content (AvgIpc) is 3.37. The topological polar surface area (TPSA) is 50.8 Å². The van der Waals surface area contributed by atoms with Gasteiger partial charge in [0.15, 0.2) is 0 Å². The predicted octanol–water partition coefficient (Wildman–Crippen LogP) is 3.69. The molecule has 1 aromatic heterocycles. The van der Waals surface area contributed by atoms with Crippen LogP contribution in [0.4, 0.5) is 8.78 Å². The number of hydrogen-bond donors (Lipinski definition) is 1. The van der Waals surface area contributed by atoms with Crippen LogP contribution in [0.2, 0.25) is 0 Å². The van der Waals surface area contributed by atoms with E-state index in [0.717, 1.165) is 38.1 Å². The third-order valence-corrected chi connectivity index (χ3v) is 5.56. The van der Waals surface area contributed by atoms with E-state index in [1.54, 1.807) is 23.5 Å². The van der Waals surface area contributed by atoms with Crippen LogP contribution in [0, 0.1) is 0 Å². The Bertz CT molecular complexity index is 735. The molecule has 1 unspecified atom stereocenters. The first kappa shape index (κ1) is 21.7. The number of hydrogen-bond acceptors (Lipinski definition) is 5. The molecule has 1 atom stereocenters. The monoisotopic (exact) mass is 424 g/mol. The highest BCUT2D eigenvalue weighted by atomic mass is 32.1. The van der Waals surface area contributed by atoms with Gasteiger partial charge in [-0.1, -0.05) is 18.2 Å². The van der Waals surface area contributed by atoms with Crippen LogP contribution in [-0.2, 0) is 22.5 Å². The summed E-state index contributed by atoms with van der Waals surface area (Å²) < 4.78 is 34.4. The molecule has 0 spiro atoms. The van der Waals surface area contributed by atoms with E-state index < -0.39 is 6.61 Å². The molecule has 1 amide bonds. The van der Waals surface area contributed by atoms with Crippen LogP contribution in [0.15, 0.2) is 41.8 Å². The van der Waals surface area contributed by atoms with Crippen molar-refractivity contribution < 1.29 is 23.0 Å². The van der Waals surface area contributed by atoms with Gasteiger partial charge in [0.1, 0.15) is 5.75 Å². The molecule has 2 heterocycles. The molecule has 1 N–H and O–H groups in total. The largest absolute Gasteiger partial charge is 0.435 e. The third-order valence-electron chi connectivity index (χ3n) is 4.70. The number of rotatable bonds is 11. The molecule has 1 aliphatic rings. The molecule has 1 aliphatic heterocycles. The van der Waals surface area contributed by atoms with Crippen LogP contribution < -0.4 is 10.1 Å². The summed E-state index contributed by atoms with van der Waals surface area (Å²) >= 11 is 1.68. The van der Waals surface area contributed by atoms with Crippen LogP contribution in [-0.4, -0.2) is 49.8 Å². The second-order valence-electron chi connectivity index (χ2n) is 7.01. The lowest BCUT2D eigenvalue weighted by atomic mass is 10.1. The summed E-state index contributed by atoms with van der Waals surface area (Å²) in [6.45, 7) is 0.254. The zero-order chi connectivity index (χ0) is 20.5. The fourth-order valence-corrected chi connectivity index (χ4v) is 4.07. The number of ether oxygens (including phenoxy) is 2. The van der Waals surface area contributed by atoms with E-state index in [1.165, 1.54) is 17.0 Å². The first-order valence-corrected chi connectivity index (χ1v) is 10.6. The van der Waals surface area contributed by atoms with Gasteiger partial charge in [0.05, 0.1) is 12.6 Å². The van der Waals surface area contributed by atoms with E-state index >= 15 is 0 Å². The van der Waals surface area contributed by atoms with Crippen LogP contribution in [0.3, 0.4) is 0 Å². The van der Waals surface area contributed by atoms with Gasteiger partial charge in [-0.2, -0.15) is 8.78 Å². The number of benzene rings is 1. The SMILES string of the molecule is O=C(CN(Cc1cccs1)CC1CCCO1)NCCc1ccc(OC(F)F)cc1. The zero-order valence-corrected chi connectivity index (χ0v) is 17.0. The molecule has 8 heteroatoms. The zero-order valence-electron chi connectivity index (χ0n) is 16.2. The smallest absolute Gasteiger partial charge is 0.387 e. The van der Waals surface area contributed by atoms with Gasteiger partial charge in [0, 0.05) is 31.1 Å². The van der Waals surface area contributed by atoms with Gasteiger partial charge in [-0.3, -0.25) is 9.69 Å². The average molecular weight is 425 g/mol. The highest BCUT2D eigenvalue weighted by molar-refractivity contribution is 7.09. The first-order chi connectivity index (χ1) is 14.1. The summed E-state index contributed by atoms with van der Waals surface area (Å²) in [5.41, 5.74) is 0.946. The molecule has 0 aliphatic carbocycles. The van der Waals surface area contributed by atoms with E-state index in [9.17, 15) is 13.6 Å². The van der Waals surface area contributed by atoms with Crippen molar-refractivity contribution in [2.75, 3.05) is 26.2 Å². The van der Waals surface area contributed by atoms with Gasteiger partial charge in [0.25, 0.3) is 0 Å². The lowest BCUT2D eigenvalue weighted by molar-refractivity contribution is -0.122. The lowest BCUT2D eigenvalue weighted by Gasteiger charge is -2.24. The standard InChI is InChI=1S/C21H26F2N2O3S/c22-21(23)28-17-7-5-16(6-8-17)9-10-24-20(26)15-25(13-18-3-1-11-27-18)14-19-4-2-12-29-19/h2,4-8,12,18,21H,1,3,9-11,13-15H2,(H,24,26). The number of carbonyl (C=O) groups is 1. The van der Waals surface area contributed by atoms with Gasteiger partial charge in [-0.25, -0.2) is 0 Å². The maximum atomic E-state index is 12.4. The molecule has 0 radical (unpaired) electrons. The Morgan fingerprint density at radius 2 is 2.14 bits per heavy atom. The van der Waals surface area contributed by atoms with Crippen molar-refractivity contribution in [3.8, 4) is 5.75 Å². The molecule has 29 heavy (non-hydrogen) atoms. The molecule has 5 nitrogen and oxygen atoms in total. The number of alkyl halides is 2. The third kappa shape index (κ3) is 7.72. The Morgan fingerprint density at radius 3 is 2.79 bits per heavy atom. The maximum absolute atomic E-state index is 12.4. The molecule has 0 saturated carbocycles. The minimum absolute atomic E-state index is 0.0304. The Morgan fingerprint density at radius 1 is 1.31 bits per heavy atom. The molecule has 1 saturated heterocycles. The fraction of sp³-hybridized carbons (Fsp3) is 0.476. The molecule has 0 bridgehead atoms. The van der Waals surface area contributed by atoms with Gasteiger partial charge in [-0.05, 0) is 48.4 Å². The van der Waals surface area contributed by atoms with E-state index in [4.69, 9.17) is 4.74 Å². The molecule has 2 aromatic rings. The molecular formula is C21H26F2N2O3S. The molecule has 158 valence electrons. The molecule has 1 aromatic carbocycles. The maximum Gasteiger partial charge on any atom is 0.387 e. The van der Waals surface area contributed by atoms with Crippen molar-refractivity contribution in [3.05, 3.63) is 52.2 Å². The van der Waals surface area contributed by atoms with Gasteiger partial charge < -0.3 is 14.8 Å². The Hall–Kier alpha value is -2.03. The van der Waals surface area contributed by atoms with Crippen molar-refractivity contribution in [2.24, 2.45) is 0 Å². The quantitative estimate of drug-likeness (QED) is 0.598. The second-order valence-corrected chi connectivity index (χ2v) is 8.04. The van der Waals surface area contributed by atoms with Crippen LogP contribution >= 0.6 is 11.3 Å². The van der Waals surface area contributed by atoms with E-state index in [0.29, 0.717) is 19.5 Å². The fourth-order valence-electron chi connectivity index (χ4n) is 3.33. The molecule has 1 fully saturated rings. The lowest BCUT2D eigenvalue weighted by Crippen LogP contribution is -2.40. The number of nitrogens with zero attached hydrogens (tertiary/aromatic N) is 1. The van der Waals surface area contributed by atoms with Crippen molar-refractivity contribution in [2.45, 2.75) is 38.5 Å². The predicted molar refractivity (Wildman–Crippen MR) is 108 cm³/mol. The van der Waals surface area contributed by atoms with Crippen molar-refractivity contribution in [1.82, 2.24) is 10.2 Å². The Balaban J connectivity index is 1.43. The second kappa shape index (κ2) is 11.2. The minimum atomic E-state index is -2.83. The minimum Gasteiger partial charge on any atom is -0.435 e. The summed E-state index contributed by atoms with van der Waals surface area (Å²) in [6.07, 6.45) is 2.92. The Labute approximate surface area is 173 Å². The van der Waals surface area contributed by atoms with Gasteiger partial charge in [-0.15, -0.1) is 11.3 Å². The number of carbonyl (C=O) groups excluding carboxylic acids is 1. The van der Waals surface area contributed by atoms with Crippen LogP contribution in [0.25, 0.3) is 0 Å². The van der Waals surface area contributed by atoms with E-state index in [2.05, 4.69) is 21.0 Å². The summed E-state index contributed by atoms with van der Waals surface area (Å²) in [6, 6.07) is 10.6. The van der Waals surface area contributed by atoms with E-state index in [-0.39, 0.29) is 17.8 Å². The number of amides is 1. The van der Waals surface area contributed by atoms with Gasteiger partial charge >= 0.3 is 6.61 Å². The normalized spacial score (nSPS) is 16.5. The Kier molecular flexibility index (Phi) is 8.39.